The van der Waals surface area contributed by atoms with Crippen molar-refractivity contribution in [3.8, 4) is 0 Å². The number of benzene rings is 1. The first-order valence-electron chi connectivity index (χ1n) is 7.69. The third-order valence-electron chi connectivity index (χ3n) is 4.31. The minimum Gasteiger partial charge on any atom is -0.388 e. The molecule has 0 heterocycles. The molecule has 110 valence electrons. The zero-order valence-electron chi connectivity index (χ0n) is 12.2. The highest BCUT2D eigenvalue weighted by molar-refractivity contribution is 5.76. The van der Waals surface area contributed by atoms with Gasteiger partial charge < -0.3 is 10.4 Å². The van der Waals surface area contributed by atoms with Gasteiger partial charge in [-0.1, -0.05) is 49.6 Å². The second-order valence-electron chi connectivity index (χ2n) is 5.88. The second kappa shape index (κ2) is 7.44. The van der Waals surface area contributed by atoms with Crippen molar-refractivity contribution in [2.45, 2.75) is 57.6 Å². The van der Waals surface area contributed by atoms with E-state index in [4.69, 9.17) is 0 Å². The monoisotopic (exact) mass is 275 g/mol. The van der Waals surface area contributed by atoms with Gasteiger partial charge in [-0.25, -0.2) is 0 Å². The minimum atomic E-state index is -0.713. The SMILES string of the molecule is CC(NC(=O)CC(O)c1ccccc1)C1CCCCC1. The molecule has 1 aliphatic carbocycles. The van der Waals surface area contributed by atoms with Gasteiger partial charge in [0.15, 0.2) is 0 Å². The number of carbonyl (C=O) groups is 1. The lowest BCUT2D eigenvalue weighted by Crippen LogP contribution is -2.39. The van der Waals surface area contributed by atoms with Gasteiger partial charge in [-0.2, -0.15) is 0 Å². The molecule has 3 heteroatoms. The average Bonchev–Trinajstić information content (AvgIpc) is 2.49. The Morgan fingerprint density at radius 2 is 1.90 bits per heavy atom. The van der Waals surface area contributed by atoms with Gasteiger partial charge in [-0.05, 0) is 31.2 Å². The number of hydrogen-bond acceptors (Lipinski definition) is 2. The van der Waals surface area contributed by atoms with Crippen LogP contribution in [0.2, 0.25) is 0 Å². The fourth-order valence-corrected chi connectivity index (χ4v) is 3.03. The van der Waals surface area contributed by atoms with Crippen LogP contribution in [0.3, 0.4) is 0 Å². The molecule has 0 spiro atoms. The summed E-state index contributed by atoms with van der Waals surface area (Å²) in [5.74, 6) is 0.543. The standard InChI is InChI=1S/C17H25NO2/c1-13(14-8-4-2-5-9-14)18-17(20)12-16(19)15-10-6-3-7-11-15/h3,6-7,10-11,13-14,16,19H,2,4-5,8-9,12H2,1H3,(H,18,20). The third-order valence-corrected chi connectivity index (χ3v) is 4.31. The van der Waals surface area contributed by atoms with Gasteiger partial charge in [0.2, 0.25) is 5.91 Å². The Balaban J connectivity index is 1.79. The maximum atomic E-state index is 12.0. The number of rotatable bonds is 5. The van der Waals surface area contributed by atoms with Crippen LogP contribution in [0.15, 0.2) is 30.3 Å². The highest BCUT2D eigenvalue weighted by atomic mass is 16.3. The number of aliphatic hydroxyl groups excluding tert-OH is 1. The molecule has 1 aromatic rings. The molecule has 0 radical (unpaired) electrons. The van der Waals surface area contributed by atoms with Crippen molar-refractivity contribution in [1.82, 2.24) is 5.32 Å². The molecule has 20 heavy (non-hydrogen) atoms. The zero-order chi connectivity index (χ0) is 14.4. The van der Waals surface area contributed by atoms with E-state index in [0.717, 1.165) is 5.56 Å². The largest absolute Gasteiger partial charge is 0.388 e. The van der Waals surface area contributed by atoms with E-state index in [1.807, 2.05) is 30.3 Å². The molecule has 1 aromatic carbocycles. The average molecular weight is 275 g/mol. The first-order valence-corrected chi connectivity index (χ1v) is 7.69. The van der Waals surface area contributed by atoms with Gasteiger partial charge in [0.1, 0.15) is 0 Å². The Morgan fingerprint density at radius 1 is 1.25 bits per heavy atom. The van der Waals surface area contributed by atoms with Crippen molar-refractivity contribution < 1.29 is 9.90 Å². The van der Waals surface area contributed by atoms with Crippen LogP contribution in [0.5, 0.6) is 0 Å². The van der Waals surface area contributed by atoms with Crippen LogP contribution in [0.4, 0.5) is 0 Å². The fourth-order valence-electron chi connectivity index (χ4n) is 3.03. The van der Waals surface area contributed by atoms with Crippen LogP contribution in [-0.2, 0) is 4.79 Å². The van der Waals surface area contributed by atoms with Crippen molar-refractivity contribution in [2.24, 2.45) is 5.92 Å². The van der Waals surface area contributed by atoms with Crippen LogP contribution in [0.1, 0.15) is 57.1 Å². The Bertz CT molecular complexity index is 412. The summed E-state index contributed by atoms with van der Waals surface area (Å²) in [7, 11) is 0. The van der Waals surface area contributed by atoms with Gasteiger partial charge in [-0.3, -0.25) is 4.79 Å². The number of nitrogens with one attached hydrogen (secondary N) is 1. The summed E-state index contributed by atoms with van der Waals surface area (Å²) < 4.78 is 0. The van der Waals surface area contributed by atoms with E-state index < -0.39 is 6.10 Å². The van der Waals surface area contributed by atoms with Gasteiger partial charge in [0.25, 0.3) is 0 Å². The Morgan fingerprint density at radius 3 is 2.55 bits per heavy atom. The minimum absolute atomic E-state index is 0.0561. The van der Waals surface area contributed by atoms with Crippen molar-refractivity contribution in [1.29, 1.82) is 0 Å². The first kappa shape index (κ1) is 15.0. The number of hydrogen-bond donors (Lipinski definition) is 2. The molecule has 1 saturated carbocycles. The third kappa shape index (κ3) is 4.34. The van der Waals surface area contributed by atoms with E-state index in [0.29, 0.717) is 5.92 Å². The summed E-state index contributed by atoms with van der Waals surface area (Å²) >= 11 is 0. The molecule has 0 saturated heterocycles. The fraction of sp³-hybridized carbons (Fsp3) is 0.588. The Kier molecular flexibility index (Phi) is 5.60. The Labute approximate surface area is 121 Å². The molecule has 2 N–H and O–H groups in total. The van der Waals surface area contributed by atoms with Gasteiger partial charge in [0.05, 0.1) is 12.5 Å². The van der Waals surface area contributed by atoms with Gasteiger partial charge >= 0.3 is 0 Å². The van der Waals surface area contributed by atoms with E-state index in [1.54, 1.807) is 0 Å². The summed E-state index contributed by atoms with van der Waals surface area (Å²) in [6.45, 7) is 2.09. The lowest BCUT2D eigenvalue weighted by molar-refractivity contribution is -0.124. The molecule has 2 rings (SSSR count). The summed E-state index contributed by atoms with van der Waals surface area (Å²) in [5, 5.41) is 13.1. The first-order chi connectivity index (χ1) is 9.66. The van der Waals surface area contributed by atoms with Crippen LogP contribution < -0.4 is 5.32 Å². The van der Waals surface area contributed by atoms with Crippen molar-refractivity contribution in [3.63, 3.8) is 0 Å². The molecule has 3 nitrogen and oxygen atoms in total. The van der Waals surface area contributed by atoms with E-state index in [1.165, 1.54) is 32.1 Å². The highest BCUT2D eigenvalue weighted by Gasteiger charge is 2.22. The van der Waals surface area contributed by atoms with Crippen molar-refractivity contribution in [3.05, 3.63) is 35.9 Å². The molecule has 0 aliphatic heterocycles. The molecule has 2 unspecified atom stereocenters. The molecule has 1 amide bonds. The maximum absolute atomic E-state index is 12.0. The molecular formula is C17H25NO2. The van der Waals surface area contributed by atoms with E-state index >= 15 is 0 Å². The molecule has 0 bridgehead atoms. The lowest BCUT2D eigenvalue weighted by Gasteiger charge is -2.28. The summed E-state index contributed by atoms with van der Waals surface area (Å²) in [6.07, 6.45) is 5.72. The highest BCUT2D eigenvalue weighted by Crippen LogP contribution is 2.26. The van der Waals surface area contributed by atoms with Crippen LogP contribution in [-0.4, -0.2) is 17.1 Å². The van der Waals surface area contributed by atoms with Crippen molar-refractivity contribution in [2.75, 3.05) is 0 Å². The normalized spacial score (nSPS) is 19.3. The summed E-state index contributed by atoms with van der Waals surface area (Å²) in [6, 6.07) is 9.57. The second-order valence-corrected chi connectivity index (χ2v) is 5.88. The van der Waals surface area contributed by atoms with Crippen LogP contribution in [0, 0.1) is 5.92 Å². The van der Waals surface area contributed by atoms with Crippen LogP contribution >= 0.6 is 0 Å². The number of amides is 1. The maximum Gasteiger partial charge on any atom is 0.223 e. The lowest BCUT2D eigenvalue weighted by atomic mass is 9.84. The zero-order valence-corrected chi connectivity index (χ0v) is 12.2. The topological polar surface area (TPSA) is 49.3 Å². The van der Waals surface area contributed by atoms with E-state index in [-0.39, 0.29) is 18.4 Å². The number of aliphatic hydroxyl groups is 1. The molecular weight excluding hydrogens is 250 g/mol. The molecule has 1 fully saturated rings. The number of carbonyl (C=O) groups excluding carboxylic acids is 1. The van der Waals surface area contributed by atoms with Gasteiger partial charge in [0, 0.05) is 6.04 Å². The predicted molar refractivity (Wildman–Crippen MR) is 80.2 cm³/mol. The molecule has 1 aliphatic rings. The molecule has 0 aromatic heterocycles. The Hall–Kier alpha value is -1.35. The quantitative estimate of drug-likeness (QED) is 0.867. The predicted octanol–water partition coefficient (Wildman–Crippen LogP) is 3.20. The van der Waals surface area contributed by atoms with Gasteiger partial charge in [-0.15, -0.1) is 0 Å². The van der Waals surface area contributed by atoms with Crippen LogP contribution in [0.25, 0.3) is 0 Å². The van der Waals surface area contributed by atoms with E-state index in [9.17, 15) is 9.90 Å². The van der Waals surface area contributed by atoms with Crippen molar-refractivity contribution >= 4 is 5.91 Å². The smallest absolute Gasteiger partial charge is 0.223 e. The molecule has 2 atom stereocenters. The summed E-state index contributed by atoms with van der Waals surface area (Å²) in [5.41, 5.74) is 0.799. The van der Waals surface area contributed by atoms with E-state index in [2.05, 4.69) is 12.2 Å². The summed E-state index contributed by atoms with van der Waals surface area (Å²) in [4.78, 5) is 12.0.